The van der Waals surface area contributed by atoms with E-state index in [9.17, 15) is 4.79 Å². The Morgan fingerprint density at radius 3 is 2.74 bits per heavy atom. The lowest BCUT2D eigenvalue weighted by Gasteiger charge is -2.10. The number of anilines is 1. The van der Waals surface area contributed by atoms with E-state index in [0.717, 1.165) is 0 Å². The summed E-state index contributed by atoms with van der Waals surface area (Å²) in [4.78, 5) is 16.9. The number of hydrogen-bond acceptors (Lipinski definition) is 5. The van der Waals surface area contributed by atoms with Crippen molar-refractivity contribution in [3.8, 4) is 17.1 Å². The molecular formula is C19H19ClN4O3. The molecule has 140 valence electrons. The van der Waals surface area contributed by atoms with E-state index in [0.29, 0.717) is 47.5 Å². The third-order valence-corrected chi connectivity index (χ3v) is 3.99. The predicted octanol–water partition coefficient (Wildman–Crippen LogP) is 3.79. The van der Waals surface area contributed by atoms with Gasteiger partial charge in [0.05, 0.1) is 17.2 Å². The summed E-state index contributed by atoms with van der Waals surface area (Å²) >= 11 is 6.16. The molecule has 27 heavy (non-hydrogen) atoms. The van der Waals surface area contributed by atoms with E-state index in [2.05, 4.69) is 20.5 Å². The first-order valence-electron chi connectivity index (χ1n) is 8.47. The number of amides is 1. The van der Waals surface area contributed by atoms with Crippen LogP contribution < -0.4 is 10.1 Å². The highest BCUT2D eigenvalue weighted by Crippen LogP contribution is 2.25. The molecule has 1 heterocycles. The molecule has 7 nitrogen and oxygen atoms in total. The van der Waals surface area contributed by atoms with Crippen molar-refractivity contribution in [2.24, 2.45) is 0 Å². The molecule has 0 aliphatic rings. The number of hydrogen-bond donors (Lipinski definition) is 2. The van der Waals surface area contributed by atoms with E-state index in [4.69, 9.17) is 21.1 Å². The van der Waals surface area contributed by atoms with Gasteiger partial charge in [0, 0.05) is 12.2 Å². The Balaban J connectivity index is 1.70. The van der Waals surface area contributed by atoms with E-state index in [1.807, 2.05) is 25.1 Å². The number of benzene rings is 2. The van der Waals surface area contributed by atoms with E-state index < -0.39 is 0 Å². The number of halogens is 1. The average Bonchev–Trinajstić information content (AvgIpc) is 3.14. The summed E-state index contributed by atoms with van der Waals surface area (Å²) < 4.78 is 10.9. The zero-order valence-electron chi connectivity index (χ0n) is 14.7. The largest absolute Gasteiger partial charge is 0.490 e. The van der Waals surface area contributed by atoms with Gasteiger partial charge < -0.3 is 9.47 Å². The van der Waals surface area contributed by atoms with Crippen LogP contribution in [-0.4, -0.2) is 40.9 Å². The summed E-state index contributed by atoms with van der Waals surface area (Å²) in [6, 6.07) is 14.2. The molecule has 0 fully saturated rings. The van der Waals surface area contributed by atoms with Crippen molar-refractivity contribution in [3.05, 3.63) is 59.1 Å². The molecule has 0 aliphatic carbocycles. The fourth-order valence-corrected chi connectivity index (χ4v) is 2.62. The Hall–Kier alpha value is -2.90. The first-order valence-corrected chi connectivity index (χ1v) is 8.85. The summed E-state index contributed by atoms with van der Waals surface area (Å²) in [5.74, 6) is 0.722. The lowest BCUT2D eigenvalue weighted by atomic mass is 10.2. The van der Waals surface area contributed by atoms with Crippen LogP contribution in [0.3, 0.4) is 0 Å². The van der Waals surface area contributed by atoms with Crippen molar-refractivity contribution in [2.45, 2.75) is 6.92 Å². The molecule has 0 radical (unpaired) electrons. The van der Waals surface area contributed by atoms with Crippen LogP contribution in [0.5, 0.6) is 5.75 Å². The van der Waals surface area contributed by atoms with Crippen molar-refractivity contribution >= 4 is 23.5 Å². The molecule has 0 spiro atoms. The molecule has 0 aliphatic heterocycles. The maximum Gasteiger partial charge on any atom is 0.261 e. The average molecular weight is 387 g/mol. The minimum absolute atomic E-state index is 0.152. The predicted molar refractivity (Wildman–Crippen MR) is 103 cm³/mol. The van der Waals surface area contributed by atoms with Crippen molar-refractivity contribution in [3.63, 3.8) is 0 Å². The Morgan fingerprint density at radius 2 is 1.93 bits per heavy atom. The van der Waals surface area contributed by atoms with Crippen LogP contribution in [0, 0.1) is 0 Å². The maximum atomic E-state index is 12.6. The van der Waals surface area contributed by atoms with Gasteiger partial charge in [0.15, 0.2) is 5.82 Å². The third-order valence-electron chi connectivity index (χ3n) is 3.66. The Kier molecular flexibility index (Phi) is 6.40. The number of aromatic amines is 1. The molecule has 0 bridgehead atoms. The summed E-state index contributed by atoms with van der Waals surface area (Å²) in [7, 11) is 0. The van der Waals surface area contributed by atoms with E-state index in [1.165, 1.54) is 0 Å². The van der Waals surface area contributed by atoms with Crippen LogP contribution >= 0.6 is 11.6 Å². The van der Waals surface area contributed by atoms with Gasteiger partial charge in [0.25, 0.3) is 5.91 Å². The second kappa shape index (κ2) is 9.16. The number of rotatable bonds is 8. The van der Waals surface area contributed by atoms with Crippen molar-refractivity contribution in [1.29, 1.82) is 0 Å². The van der Waals surface area contributed by atoms with Gasteiger partial charge in [0.1, 0.15) is 12.4 Å². The van der Waals surface area contributed by atoms with Gasteiger partial charge in [-0.3, -0.25) is 15.2 Å². The number of carbonyl (C=O) groups excluding carboxylic acids is 1. The Bertz CT molecular complexity index is 913. The minimum atomic E-state index is -0.369. The van der Waals surface area contributed by atoms with Gasteiger partial charge in [-0.25, -0.2) is 0 Å². The first kappa shape index (κ1) is 18.9. The SMILES string of the molecule is CCOCCOc1ccccc1C(=O)Nc1n[nH]c(-c2ccccc2Cl)n1. The van der Waals surface area contributed by atoms with Crippen molar-refractivity contribution in [1.82, 2.24) is 15.2 Å². The van der Waals surface area contributed by atoms with Crippen molar-refractivity contribution < 1.29 is 14.3 Å². The first-order chi connectivity index (χ1) is 13.2. The van der Waals surface area contributed by atoms with Gasteiger partial charge >= 0.3 is 0 Å². The highest BCUT2D eigenvalue weighted by molar-refractivity contribution is 6.33. The van der Waals surface area contributed by atoms with Crippen LogP contribution in [0.2, 0.25) is 5.02 Å². The summed E-state index contributed by atoms with van der Waals surface area (Å²) in [6.07, 6.45) is 0. The molecule has 0 saturated heterocycles. The van der Waals surface area contributed by atoms with Crippen LogP contribution in [0.1, 0.15) is 17.3 Å². The van der Waals surface area contributed by atoms with Crippen LogP contribution in [0.4, 0.5) is 5.95 Å². The van der Waals surface area contributed by atoms with Gasteiger partial charge in [-0.2, -0.15) is 4.98 Å². The van der Waals surface area contributed by atoms with Crippen LogP contribution in [0.15, 0.2) is 48.5 Å². The molecule has 2 aromatic carbocycles. The van der Waals surface area contributed by atoms with Crippen LogP contribution in [-0.2, 0) is 4.74 Å². The summed E-state index contributed by atoms with van der Waals surface area (Å²) in [6.45, 7) is 3.34. The molecule has 1 amide bonds. The molecule has 2 N–H and O–H groups in total. The lowest BCUT2D eigenvalue weighted by molar-refractivity contribution is 0.0997. The quantitative estimate of drug-likeness (QED) is 0.575. The topological polar surface area (TPSA) is 89.1 Å². The lowest BCUT2D eigenvalue weighted by Crippen LogP contribution is -2.15. The molecule has 8 heteroatoms. The van der Waals surface area contributed by atoms with E-state index in [1.54, 1.807) is 30.3 Å². The van der Waals surface area contributed by atoms with E-state index in [-0.39, 0.29) is 11.9 Å². The normalized spacial score (nSPS) is 10.6. The molecular weight excluding hydrogens is 368 g/mol. The van der Waals surface area contributed by atoms with Gasteiger partial charge in [-0.15, -0.1) is 5.10 Å². The van der Waals surface area contributed by atoms with Crippen LogP contribution in [0.25, 0.3) is 11.4 Å². The summed E-state index contributed by atoms with van der Waals surface area (Å²) in [5, 5.41) is 10.0. The smallest absolute Gasteiger partial charge is 0.261 e. The fraction of sp³-hybridized carbons (Fsp3) is 0.211. The van der Waals surface area contributed by atoms with Gasteiger partial charge in [-0.05, 0) is 31.2 Å². The third kappa shape index (κ3) is 4.84. The number of nitrogens with one attached hydrogen (secondary N) is 2. The molecule has 0 atom stereocenters. The zero-order chi connectivity index (χ0) is 19.1. The molecule has 0 saturated carbocycles. The standard InChI is InChI=1S/C19H19ClN4O3/c1-2-26-11-12-27-16-10-6-4-8-14(16)18(25)22-19-21-17(23-24-19)13-7-3-5-9-15(13)20/h3-10H,2,11-12H2,1H3,(H2,21,22,23,24,25). The second-order valence-electron chi connectivity index (χ2n) is 5.48. The monoisotopic (exact) mass is 386 g/mol. The number of para-hydroxylation sites is 1. The molecule has 3 aromatic rings. The van der Waals surface area contributed by atoms with Gasteiger partial charge in [-0.1, -0.05) is 35.9 Å². The van der Waals surface area contributed by atoms with Crippen molar-refractivity contribution in [2.75, 3.05) is 25.1 Å². The van der Waals surface area contributed by atoms with Gasteiger partial charge in [0.2, 0.25) is 5.95 Å². The Labute approximate surface area is 161 Å². The second-order valence-corrected chi connectivity index (χ2v) is 5.89. The minimum Gasteiger partial charge on any atom is -0.490 e. The molecule has 1 aromatic heterocycles. The fourth-order valence-electron chi connectivity index (χ4n) is 2.40. The number of ether oxygens (including phenoxy) is 2. The highest BCUT2D eigenvalue weighted by atomic mass is 35.5. The zero-order valence-corrected chi connectivity index (χ0v) is 15.5. The highest BCUT2D eigenvalue weighted by Gasteiger charge is 2.15. The Morgan fingerprint density at radius 1 is 1.15 bits per heavy atom. The molecule has 3 rings (SSSR count). The number of nitrogens with zero attached hydrogens (tertiary/aromatic N) is 2. The maximum absolute atomic E-state index is 12.6. The molecule has 0 unspecified atom stereocenters. The number of H-pyrrole nitrogens is 1. The number of carbonyl (C=O) groups is 1. The number of aromatic nitrogens is 3. The summed E-state index contributed by atoms with van der Waals surface area (Å²) in [5.41, 5.74) is 1.09. The van der Waals surface area contributed by atoms with E-state index >= 15 is 0 Å².